The van der Waals surface area contributed by atoms with E-state index < -0.39 is 11.4 Å². The van der Waals surface area contributed by atoms with Crippen molar-refractivity contribution in [3.63, 3.8) is 0 Å². The highest BCUT2D eigenvalue weighted by atomic mass is 16.4. The minimum atomic E-state index is -0.650. The van der Waals surface area contributed by atoms with Crippen LogP contribution in [-0.2, 0) is 4.79 Å². The third-order valence-corrected chi connectivity index (χ3v) is 4.68. The molecule has 0 aromatic rings. The van der Waals surface area contributed by atoms with E-state index >= 15 is 0 Å². The molecule has 0 amide bonds. The number of aliphatic carboxylic acids is 1. The molecule has 1 aliphatic rings. The van der Waals surface area contributed by atoms with Gasteiger partial charge in [0, 0.05) is 12.6 Å². The van der Waals surface area contributed by atoms with Gasteiger partial charge in [-0.2, -0.15) is 0 Å². The van der Waals surface area contributed by atoms with Crippen molar-refractivity contribution in [1.82, 2.24) is 4.90 Å². The Bertz CT molecular complexity index is 284. The van der Waals surface area contributed by atoms with E-state index in [1.807, 2.05) is 13.8 Å². The van der Waals surface area contributed by atoms with E-state index in [9.17, 15) is 9.90 Å². The summed E-state index contributed by atoms with van der Waals surface area (Å²) in [5.74, 6) is 0.0316. The average Bonchev–Trinajstić information content (AvgIpc) is 2.87. The van der Waals surface area contributed by atoms with Crippen LogP contribution in [0.1, 0.15) is 66.2 Å². The van der Waals surface area contributed by atoms with Gasteiger partial charge in [0.25, 0.3) is 0 Å². The van der Waals surface area contributed by atoms with Crippen molar-refractivity contribution in [3.8, 4) is 0 Å². The van der Waals surface area contributed by atoms with Crippen LogP contribution in [0, 0.1) is 11.3 Å². The van der Waals surface area contributed by atoms with Crippen molar-refractivity contribution in [2.75, 3.05) is 13.1 Å². The zero-order chi connectivity index (χ0) is 14.5. The summed E-state index contributed by atoms with van der Waals surface area (Å²) in [6.45, 7) is 10.1. The van der Waals surface area contributed by atoms with Gasteiger partial charge in [0.15, 0.2) is 0 Å². The Kier molecular flexibility index (Phi) is 6.31. The van der Waals surface area contributed by atoms with Crippen molar-refractivity contribution in [2.45, 2.75) is 72.3 Å². The number of carbonyl (C=O) groups is 1. The van der Waals surface area contributed by atoms with Gasteiger partial charge < -0.3 is 5.11 Å². The van der Waals surface area contributed by atoms with E-state index in [-0.39, 0.29) is 0 Å². The highest BCUT2D eigenvalue weighted by molar-refractivity contribution is 5.74. The van der Waals surface area contributed by atoms with Crippen LogP contribution in [0.25, 0.3) is 0 Å². The van der Waals surface area contributed by atoms with Crippen molar-refractivity contribution in [1.29, 1.82) is 0 Å². The van der Waals surface area contributed by atoms with E-state index in [0.29, 0.717) is 24.9 Å². The normalized spacial score (nSPS) is 20.1. The lowest BCUT2D eigenvalue weighted by atomic mass is 9.86. The molecule has 0 bridgehead atoms. The molecule has 0 heterocycles. The van der Waals surface area contributed by atoms with E-state index in [1.54, 1.807) is 0 Å². The third kappa shape index (κ3) is 4.79. The summed E-state index contributed by atoms with van der Waals surface area (Å²) in [4.78, 5) is 14.0. The summed E-state index contributed by atoms with van der Waals surface area (Å²) in [5.41, 5.74) is -0.598. The number of hydrogen-bond donors (Lipinski definition) is 1. The molecule has 1 unspecified atom stereocenters. The third-order valence-electron chi connectivity index (χ3n) is 4.68. The van der Waals surface area contributed by atoms with E-state index in [0.717, 1.165) is 13.0 Å². The van der Waals surface area contributed by atoms with Crippen molar-refractivity contribution >= 4 is 5.97 Å². The first-order chi connectivity index (χ1) is 8.89. The minimum absolute atomic E-state index is 0.598. The predicted molar refractivity (Wildman–Crippen MR) is 79.3 cm³/mol. The average molecular weight is 269 g/mol. The summed E-state index contributed by atoms with van der Waals surface area (Å²) in [6.07, 6.45) is 6.97. The number of carboxylic acid groups (broad SMARTS) is 1. The van der Waals surface area contributed by atoms with Gasteiger partial charge in [-0.1, -0.05) is 33.6 Å². The Hall–Kier alpha value is -0.570. The van der Waals surface area contributed by atoms with Gasteiger partial charge in [-0.25, -0.2) is 0 Å². The zero-order valence-electron chi connectivity index (χ0n) is 13.1. The van der Waals surface area contributed by atoms with Crippen LogP contribution in [0.4, 0.5) is 0 Å². The summed E-state index contributed by atoms with van der Waals surface area (Å²) >= 11 is 0. The molecular weight excluding hydrogens is 238 g/mol. The summed E-state index contributed by atoms with van der Waals surface area (Å²) in [5, 5.41) is 9.47. The van der Waals surface area contributed by atoms with Crippen LogP contribution in [0.3, 0.4) is 0 Å². The van der Waals surface area contributed by atoms with Crippen LogP contribution >= 0.6 is 0 Å². The fourth-order valence-electron chi connectivity index (χ4n) is 2.86. The molecule has 19 heavy (non-hydrogen) atoms. The molecule has 1 rings (SSSR count). The van der Waals surface area contributed by atoms with Gasteiger partial charge in [-0.15, -0.1) is 0 Å². The smallest absolute Gasteiger partial charge is 0.310 e. The SMILES string of the molecule is CCC(C)(CN(CCC(C)C)C1CCCC1)C(=O)O. The molecule has 1 N–H and O–H groups in total. The van der Waals surface area contributed by atoms with Gasteiger partial charge in [-0.3, -0.25) is 9.69 Å². The summed E-state index contributed by atoms with van der Waals surface area (Å²) < 4.78 is 0. The largest absolute Gasteiger partial charge is 0.481 e. The molecule has 3 nitrogen and oxygen atoms in total. The Balaban J connectivity index is 2.69. The lowest BCUT2D eigenvalue weighted by Crippen LogP contribution is -2.45. The quantitative estimate of drug-likeness (QED) is 0.729. The van der Waals surface area contributed by atoms with Gasteiger partial charge in [0.1, 0.15) is 0 Å². The molecule has 1 saturated carbocycles. The Morgan fingerprint density at radius 2 is 1.95 bits per heavy atom. The Labute approximate surface area is 118 Å². The van der Waals surface area contributed by atoms with E-state index in [4.69, 9.17) is 0 Å². The summed E-state index contributed by atoms with van der Waals surface area (Å²) in [7, 11) is 0. The molecule has 0 aromatic heterocycles. The van der Waals surface area contributed by atoms with Gasteiger partial charge in [0.05, 0.1) is 5.41 Å². The molecule has 0 aromatic carbocycles. The molecule has 1 atom stereocenters. The second-order valence-corrected chi connectivity index (χ2v) is 6.81. The van der Waals surface area contributed by atoms with Crippen LogP contribution in [0.5, 0.6) is 0 Å². The lowest BCUT2D eigenvalue weighted by Gasteiger charge is -2.36. The number of rotatable bonds is 8. The number of hydrogen-bond acceptors (Lipinski definition) is 2. The predicted octanol–water partition coefficient (Wildman–Crippen LogP) is 3.78. The van der Waals surface area contributed by atoms with Crippen molar-refractivity contribution in [3.05, 3.63) is 0 Å². The molecule has 0 aliphatic heterocycles. The lowest BCUT2D eigenvalue weighted by molar-refractivity contribution is -0.149. The van der Waals surface area contributed by atoms with Crippen LogP contribution in [0.15, 0.2) is 0 Å². The van der Waals surface area contributed by atoms with Crippen LogP contribution < -0.4 is 0 Å². The first-order valence-electron chi connectivity index (χ1n) is 7.86. The maximum Gasteiger partial charge on any atom is 0.310 e. The maximum absolute atomic E-state index is 11.5. The van der Waals surface area contributed by atoms with Crippen LogP contribution in [0.2, 0.25) is 0 Å². The highest BCUT2D eigenvalue weighted by Crippen LogP contribution is 2.29. The monoisotopic (exact) mass is 269 g/mol. The second kappa shape index (κ2) is 7.28. The van der Waals surface area contributed by atoms with E-state index in [2.05, 4.69) is 18.7 Å². The highest BCUT2D eigenvalue weighted by Gasteiger charge is 2.35. The molecule has 3 heteroatoms. The number of nitrogens with zero attached hydrogens (tertiary/aromatic N) is 1. The molecule has 0 radical (unpaired) electrons. The first kappa shape index (κ1) is 16.5. The van der Waals surface area contributed by atoms with Crippen LogP contribution in [-0.4, -0.2) is 35.1 Å². The van der Waals surface area contributed by atoms with Gasteiger partial charge in [-0.05, 0) is 45.1 Å². The first-order valence-corrected chi connectivity index (χ1v) is 7.86. The Morgan fingerprint density at radius 3 is 2.37 bits per heavy atom. The molecule has 1 fully saturated rings. The molecule has 0 spiro atoms. The molecule has 112 valence electrons. The van der Waals surface area contributed by atoms with Crippen molar-refractivity contribution < 1.29 is 9.90 Å². The maximum atomic E-state index is 11.5. The molecule has 1 aliphatic carbocycles. The minimum Gasteiger partial charge on any atom is -0.481 e. The topological polar surface area (TPSA) is 40.5 Å². The standard InChI is InChI=1S/C16H31NO2/c1-5-16(4,15(18)19)12-17(11-10-13(2)3)14-8-6-7-9-14/h13-14H,5-12H2,1-4H3,(H,18,19). The zero-order valence-corrected chi connectivity index (χ0v) is 13.1. The summed E-state index contributed by atoms with van der Waals surface area (Å²) in [6, 6.07) is 0.615. The molecular formula is C16H31NO2. The van der Waals surface area contributed by atoms with Crippen molar-refractivity contribution in [2.24, 2.45) is 11.3 Å². The van der Waals surface area contributed by atoms with E-state index in [1.165, 1.54) is 25.7 Å². The second-order valence-electron chi connectivity index (χ2n) is 6.81. The fraction of sp³-hybridized carbons (Fsp3) is 0.938. The molecule has 0 saturated heterocycles. The number of carboxylic acids is 1. The van der Waals surface area contributed by atoms with Gasteiger partial charge >= 0.3 is 5.97 Å². The fourth-order valence-corrected chi connectivity index (χ4v) is 2.86. The van der Waals surface area contributed by atoms with Gasteiger partial charge in [0.2, 0.25) is 0 Å². The Morgan fingerprint density at radius 1 is 1.37 bits per heavy atom.